The van der Waals surface area contributed by atoms with Gasteiger partial charge in [-0.05, 0) is 25.2 Å². The molecule has 0 aromatic carbocycles. The molecule has 0 heterocycles. The van der Waals surface area contributed by atoms with Gasteiger partial charge in [-0.15, -0.1) is 0 Å². The van der Waals surface area contributed by atoms with Crippen LogP contribution in [0, 0.1) is 17.2 Å². The number of carbonyl (C=O) groups is 1. The van der Waals surface area contributed by atoms with E-state index in [4.69, 9.17) is 5.26 Å². The highest BCUT2D eigenvalue weighted by atomic mass is 16.1. The average molecular weight is 209 g/mol. The molecular weight excluding hydrogens is 190 g/mol. The fourth-order valence-corrected chi connectivity index (χ4v) is 1.95. The van der Waals surface area contributed by atoms with Gasteiger partial charge in [-0.3, -0.25) is 4.79 Å². The van der Waals surface area contributed by atoms with Gasteiger partial charge >= 0.3 is 0 Å². The summed E-state index contributed by atoms with van der Waals surface area (Å²) in [6.45, 7) is 3.08. The lowest BCUT2D eigenvalue weighted by Crippen LogP contribution is -2.38. The molecule has 2 atom stereocenters. The molecule has 4 nitrogen and oxygen atoms in total. The van der Waals surface area contributed by atoms with Crippen LogP contribution in [-0.2, 0) is 4.79 Å². The Labute approximate surface area is 91.0 Å². The van der Waals surface area contributed by atoms with Gasteiger partial charge in [-0.1, -0.05) is 6.92 Å². The van der Waals surface area contributed by atoms with E-state index in [-0.39, 0.29) is 5.91 Å². The zero-order valence-corrected chi connectivity index (χ0v) is 9.25. The Morgan fingerprint density at radius 1 is 1.53 bits per heavy atom. The van der Waals surface area contributed by atoms with E-state index in [0.717, 1.165) is 5.92 Å². The van der Waals surface area contributed by atoms with Crippen molar-refractivity contribution in [2.24, 2.45) is 5.92 Å². The van der Waals surface area contributed by atoms with E-state index in [1.165, 1.54) is 19.3 Å². The van der Waals surface area contributed by atoms with Crippen molar-refractivity contribution in [1.29, 1.82) is 5.26 Å². The fraction of sp³-hybridized carbons (Fsp3) is 0.818. The molecule has 2 unspecified atom stereocenters. The first-order valence-corrected chi connectivity index (χ1v) is 5.59. The molecule has 1 amide bonds. The second-order valence-electron chi connectivity index (χ2n) is 4.25. The molecule has 1 aliphatic rings. The van der Waals surface area contributed by atoms with E-state index < -0.39 is 0 Å². The first-order valence-electron chi connectivity index (χ1n) is 5.59. The molecule has 1 rings (SSSR count). The largest absolute Gasteiger partial charge is 0.354 e. The summed E-state index contributed by atoms with van der Waals surface area (Å²) in [6, 6.07) is 2.49. The van der Waals surface area contributed by atoms with Gasteiger partial charge in [0.05, 0.1) is 19.0 Å². The zero-order chi connectivity index (χ0) is 11.1. The predicted molar refractivity (Wildman–Crippen MR) is 58.0 cm³/mol. The van der Waals surface area contributed by atoms with Gasteiger partial charge < -0.3 is 10.6 Å². The monoisotopic (exact) mass is 209 g/mol. The van der Waals surface area contributed by atoms with Crippen molar-refractivity contribution in [3.8, 4) is 6.07 Å². The smallest absolute Gasteiger partial charge is 0.233 e. The molecule has 15 heavy (non-hydrogen) atoms. The minimum atomic E-state index is -0.00944. The summed E-state index contributed by atoms with van der Waals surface area (Å²) in [6.07, 6.45) is 3.98. The van der Waals surface area contributed by atoms with Crippen LogP contribution in [-0.4, -0.2) is 25.0 Å². The van der Waals surface area contributed by atoms with Crippen LogP contribution in [0.1, 0.15) is 32.6 Å². The summed E-state index contributed by atoms with van der Waals surface area (Å²) in [5.74, 6) is 0.772. The standard InChI is InChI=1S/C11H19N3O/c1-9-3-4-10(7-9)14-8-11(15)13-6-2-5-12/h9-10,14H,2-4,6-8H2,1H3,(H,13,15). The number of amides is 1. The summed E-state index contributed by atoms with van der Waals surface area (Å²) in [7, 11) is 0. The minimum absolute atomic E-state index is 0.00944. The number of rotatable bonds is 5. The van der Waals surface area contributed by atoms with E-state index in [1.54, 1.807) is 0 Å². The highest BCUT2D eigenvalue weighted by Crippen LogP contribution is 2.24. The second kappa shape index (κ2) is 6.41. The van der Waals surface area contributed by atoms with Crippen LogP contribution >= 0.6 is 0 Å². The van der Waals surface area contributed by atoms with E-state index >= 15 is 0 Å². The van der Waals surface area contributed by atoms with Crippen molar-refractivity contribution in [3.63, 3.8) is 0 Å². The summed E-state index contributed by atoms with van der Waals surface area (Å²) in [5.41, 5.74) is 0. The number of nitrogens with one attached hydrogen (secondary N) is 2. The van der Waals surface area contributed by atoms with Crippen LogP contribution in [0.3, 0.4) is 0 Å². The molecular formula is C11H19N3O. The Hall–Kier alpha value is -1.08. The average Bonchev–Trinajstić information content (AvgIpc) is 2.62. The Morgan fingerprint density at radius 3 is 2.93 bits per heavy atom. The molecule has 0 spiro atoms. The molecule has 4 heteroatoms. The van der Waals surface area contributed by atoms with Gasteiger partial charge in [0.1, 0.15) is 0 Å². The maximum Gasteiger partial charge on any atom is 0.233 e. The predicted octanol–water partition coefficient (Wildman–Crippen LogP) is 0.794. The highest BCUT2D eigenvalue weighted by molar-refractivity contribution is 5.77. The molecule has 0 saturated heterocycles. The molecule has 0 aliphatic heterocycles. The van der Waals surface area contributed by atoms with Crippen molar-refractivity contribution < 1.29 is 4.79 Å². The van der Waals surface area contributed by atoms with Crippen molar-refractivity contribution in [1.82, 2.24) is 10.6 Å². The molecule has 1 saturated carbocycles. The van der Waals surface area contributed by atoms with E-state index in [2.05, 4.69) is 17.6 Å². The first kappa shape index (κ1) is 12.0. The Morgan fingerprint density at radius 2 is 2.33 bits per heavy atom. The first-order chi connectivity index (χ1) is 7.22. The van der Waals surface area contributed by atoms with Crippen molar-refractivity contribution >= 4 is 5.91 Å². The van der Waals surface area contributed by atoms with Crippen LogP contribution in [0.4, 0.5) is 0 Å². The SMILES string of the molecule is CC1CCC(NCC(=O)NCCC#N)C1. The third-order valence-corrected chi connectivity index (χ3v) is 2.81. The van der Waals surface area contributed by atoms with Gasteiger partial charge in [0.2, 0.25) is 5.91 Å². The molecule has 1 fully saturated rings. The third-order valence-electron chi connectivity index (χ3n) is 2.81. The number of carbonyl (C=O) groups excluding carboxylic acids is 1. The van der Waals surface area contributed by atoms with E-state index in [9.17, 15) is 4.79 Å². The third kappa shape index (κ3) is 4.80. The molecule has 84 valence electrons. The lowest BCUT2D eigenvalue weighted by molar-refractivity contribution is -0.120. The number of hydrogen-bond donors (Lipinski definition) is 2. The summed E-state index contributed by atoms with van der Waals surface area (Å²) < 4.78 is 0. The van der Waals surface area contributed by atoms with Gasteiger partial charge in [0, 0.05) is 12.6 Å². The van der Waals surface area contributed by atoms with E-state index in [0.29, 0.717) is 25.6 Å². The fourth-order valence-electron chi connectivity index (χ4n) is 1.95. The van der Waals surface area contributed by atoms with Crippen molar-refractivity contribution in [2.45, 2.75) is 38.6 Å². The summed E-state index contributed by atoms with van der Waals surface area (Å²) in [5, 5.41) is 14.2. The molecule has 0 radical (unpaired) electrons. The Balaban J connectivity index is 2.04. The molecule has 1 aliphatic carbocycles. The Bertz CT molecular complexity index is 247. The number of hydrogen-bond acceptors (Lipinski definition) is 3. The second-order valence-corrected chi connectivity index (χ2v) is 4.25. The van der Waals surface area contributed by atoms with Crippen LogP contribution in [0.15, 0.2) is 0 Å². The molecule has 2 N–H and O–H groups in total. The topological polar surface area (TPSA) is 64.9 Å². The van der Waals surface area contributed by atoms with Crippen LogP contribution in [0.5, 0.6) is 0 Å². The zero-order valence-electron chi connectivity index (χ0n) is 9.25. The van der Waals surface area contributed by atoms with Gasteiger partial charge in [-0.2, -0.15) is 5.26 Å². The maximum atomic E-state index is 11.3. The lowest BCUT2D eigenvalue weighted by atomic mass is 10.1. The van der Waals surface area contributed by atoms with Crippen LogP contribution in [0.25, 0.3) is 0 Å². The van der Waals surface area contributed by atoms with Crippen molar-refractivity contribution in [3.05, 3.63) is 0 Å². The molecule has 0 aromatic rings. The molecule has 0 aromatic heterocycles. The van der Waals surface area contributed by atoms with Crippen molar-refractivity contribution in [2.75, 3.05) is 13.1 Å². The lowest BCUT2D eigenvalue weighted by Gasteiger charge is -2.11. The van der Waals surface area contributed by atoms with Crippen LogP contribution < -0.4 is 10.6 Å². The van der Waals surface area contributed by atoms with E-state index in [1.807, 2.05) is 6.07 Å². The molecule has 0 bridgehead atoms. The summed E-state index contributed by atoms with van der Waals surface area (Å²) >= 11 is 0. The quantitative estimate of drug-likeness (QED) is 0.658. The van der Waals surface area contributed by atoms with Crippen LogP contribution in [0.2, 0.25) is 0 Å². The van der Waals surface area contributed by atoms with Gasteiger partial charge in [0.25, 0.3) is 0 Å². The normalized spacial score (nSPS) is 24.8. The van der Waals surface area contributed by atoms with Gasteiger partial charge in [-0.25, -0.2) is 0 Å². The maximum absolute atomic E-state index is 11.3. The van der Waals surface area contributed by atoms with Gasteiger partial charge in [0.15, 0.2) is 0 Å². The summed E-state index contributed by atoms with van der Waals surface area (Å²) in [4.78, 5) is 11.3. The highest BCUT2D eigenvalue weighted by Gasteiger charge is 2.20. The Kier molecular flexibility index (Phi) is 5.13. The number of nitriles is 1. The minimum Gasteiger partial charge on any atom is -0.354 e. The number of nitrogens with zero attached hydrogens (tertiary/aromatic N) is 1.